The minimum atomic E-state index is -0.900. The number of aliphatic hydroxyl groups is 1. The molecular formula is C21H24N2O7. The number of fused-ring (bicyclic) bond motifs is 1. The first-order valence-electron chi connectivity index (χ1n) is 9.50. The summed E-state index contributed by atoms with van der Waals surface area (Å²) in [6.07, 6.45) is -0.900. The van der Waals surface area contributed by atoms with Gasteiger partial charge in [0, 0.05) is 25.8 Å². The lowest BCUT2D eigenvalue weighted by atomic mass is 9.95. The van der Waals surface area contributed by atoms with Crippen molar-refractivity contribution in [3.8, 4) is 23.0 Å². The first kappa shape index (κ1) is 20.3. The predicted octanol–water partition coefficient (Wildman–Crippen LogP) is 1.83. The second-order valence-corrected chi connectivity index (χ2v) is 6.71. The van der Waals surface area contributed by atoms with Crippen LogP contribution in [0.5, 0.6) is 23.0 Å². The Morgan fingerprint density at radius 2 is 1.77 bits per heavy atom. The highest BCUT2D eigenvalue weighted by Crippen LogP contribution is 2.36. The molecule has 0 fully saturated rings. The summed E-state index contributed by atoms with van der Waals surface area (Å²) in [5.41, 5.74) is 4.95. The van der Waals surface area contributed by atoms with Gasteiger partial charge in [0.05, 0.1) is 0 Å². The molecule has 0 unspecified atom stereocenters. The lowest BCUT2D eigenvalue weighted by molar-refractivity contribution is 0.0459. The molecule has 30 heavy (non-hydrogen) atoms. The average molecular weight is 416 g/mol. The normalized spacial score (nSPS) is 19.8. The Kier molecular flexibility index (Phi) is 6.22. The van der Waals surface area contributed by atoms with Gasteiger partial charge in [-0.15, -0.1) is 0 Å². The van der Waals surface area contributed by atoms with Gasteiger partial charge in [0.1, 0.15) is 42.6 Å². The molecule has 0 radical (unpaired) electrons. The average Bonchev–Trinajstić information content (AvgIpc) is 3.17. The maximum Gasteiger partial charge on any atom is 0.188 e. The molecule has 2 aromatic carbocycles. The Morgan fingerprint density at radius 3 is 2.57 bits per heavy atom. The molecule has 2 N–H and O–H groups in total. The molecule has 9 nitrogen and oxygen atoms in total. The number of ether oxygens (including phenoxy) is 6. The SMILES string of the molecule is COCOc1ccc(C2=NN[C@H](c3ccc4c(c3)OCCO4)[C@H]2O)c(OCOC)c1. The van der Waals surface area contributed by atoms with Gasteiger partial charge in [0.25, 0.3) is 0 Å². The largest absolute Gasteiger partial charge is 0.486 e. The first-order valence-corrected chi connectivity index (χ1v) is 9.50. The molecule has 2 aliphatic rings. The Morgan fingerprint density at radius 1 is 1.00 bits per heavy atom. The van der Waals surface area contributed by atoms with E-state index in [2.05, 4.69) is 10.5 Å². The van der Waals surface area contributed by atoms with Gasteiger partial charge in [0.15, 0.2) is 25.1 Å². The van der Waals surface area contributed by atoms with Crippen molar-refractivity contribution in [3.05, 3.63) is 47.5 Å². The highest BCUT2D eigenvalue weighted by atomic mass is 16.7. The second kappa shape index (κ2) is 9.21. The van der Waals surface area contributed by atoms with Crippen molar-refractivity contribution in [1.29, 1.82) is 0 Å². The predicted molar refractivity (Wildman–Crippen MR) is 107 cm³/mol. The fourth-order valence-corrected chi connectivity index (χ4v) is 3.34. The minimum absolute atomic E-state index is 0.0448. The van der Waals surface area contributed by atoms with Gasteiger partial charge < -0.3 is 33.5 Å². The number of hydrogen-bond acceptors (Lipinski definition) is 9. The molecule has 2 aromatic rings. The Labute approximate surface area is 174 Å². The van der Waals surface area contributed by atoms with Crippen molar-refractivity contribution in [3.63, 3.8) is 0 Å². The molecule has 0 aliphatic carbocycles. The van der Waals surface area contributed by atoms with E-state index < -0.39 is 12.1 Å². The van der Waals surface area contributed by atoms with E-state index >= 15 is 0 Å². The third kappa shape index (κ3) is 4.13. The molecule has 0 saturated heterocycles. The lowest BCUT2D eigenvalue weighted by Gasteiger charge is -2.22. The summed E-state index contributed by atoms with van der Waals surface area (Å²) in [6.45, 7) is 1.18. The second-order valence-electron chi connectivity index (χ2n) is 6.71. The molecule has 160 valence electrons. The van der Waals surface area contributed by atoms with Gasteiger partial charge in [-0.1, -0.05) is 6.07 Å². The van der Waals surface area contributed by atoms with Crippen LogP contribution in [0.4, 0.5) is 0 Å². The number of rotatable bonds is 8. The molecule has 0 bridgehead atoms. The number of nitrogens with one attached hydrogen (secondary N) is 1. The van der Waals surface area contributed by atoms with Crippen LogP contribution in [0.25, 0.3) is 0 Å². The fourth-order valence-electron chi connectivity index (χ4n) is 3.34. The monoisotopic (exact) mass is 416 g/mol. The van der Waals surface area contributed by atoms with E-state index in [0.29, 0.717) is 47.5 Å². The lowest BCUT2D eigenvalue weighted by Crippen LogP contribution is -2.28. The highest BCUT2D eigenvalue weighted by molar-refractivity contribution is 6.07. The van der Waals surface area contributed by atoms with E-state index in [1.807, 2.05) is 18.2 Å². The van der Waals surface area contributed by atoms with Crippen LogP contribution in [0.15, 0.2) is 41.5 Å². The van der Waals surface area contributed by atoms with Crippen LogP contribution in [0.3, 0.4) is 0 Å². The van der Waals surface area contributed by atoms with Crippen LogP contribution in [0, 0.1) is 0 Å². The van der Waals surface area contributed by atoms with Gasteiger partial charge in [0.2, 0.25) is 0 Å². The van der Waals surface area contributed by atoms with Crippen molar-refractivity contribution >= 4 is 5.71 Å². The molecule has 0 aromatic heterocycles. The molecule has 2 heterocycles. The van der Waals surface area contributed by atoms with Crippen LogP contribution >= 0.6 is 0 Å². The van der Waals surface area contributed by atoms with E-state index in [4.69, 9.17) is 28.4 Å². The molecule has 0 amide bonds. The molecular weight excluding hydrogens is 392 g/mol. The third-order valence-electron chi connectivity index (χ3n) is 4.75. The first-order chi connectivity index (χ1) is 14.7. The summed E-state index contributed by atoms with van der Waals surface area (Å²) in [5, 5.41) is 15.4. The van der Waals surface area contributed by atoms with Crippen LogP contribution < -0.4 is 24.4 Å². The van der Waals surface area contributed by atoms with E-state index in [-0.39, 0.29) is 13.6 Å². The number of hydrazone groups is 1. The standard InChI is InChI=1S/C21H24N2O7/c1-25-11-29-14-4-5-15(17(10-14)30-12-26-2)20-21(24)19(22-23-20)13-3-6-16-18(9-13)28-8-7-27-16/h3-6,9-10,19,21-22,24H,7-8,11-12H2,1-2H3/t19-,21-/m1/s1. The zero-order chi connectivity index (χ0) is 20.9. The molecule has 2 aliphatic heterocycles. The van der Waals surface area contributed by atoms with Crippen molar-refractivity contribution in [1.82, 2.24) is 5.43 Å². The van der Waals surface area contributed by atoms with Gasteiger partial charge in [-0.05, 0) is 29.8 Å². The molecule has 0 spiro atoms. The summed E-state index contributed by atoms with van der Waals surface area (Å²) in [7, 11) is 3.08. The van der Waals surface area contributed by atoms with Crippen molar-refractivity contribution < 1.29 is 33.5 Å². The van der Waals surface area contributed by atoms with Crippen LogP contribution in [0.1, 0.15) is 17.2 Å². The van der Waals surface area contributed by atoms with Gasteiger partial charge in [-0.25, -0.2) is 0 Å². The molecule has 9 heteroatoms. The maximum absolute atomic E-state index is 11.0. The summed E-state index contributed by atoms with van der Waals surface area (Å²) in [6, 6.07) is 10.4. The van der Waals surface area contributed by atoms with Crippen molar-refractivity contribution in [2.75, 3.05) is 41.0 Å². The Hall–Kier alpha value is -3.01. The zero-order valence-corrected chi connectivity index (χ0v) is 16.8. The summed E-state index contributed by atoms with van der Waals surface area (Å²) < 4.78 is 32.3. The molecule has 2 atom stereocenters. The third-order valence-corrected chi connectivity index (χ3v) is 4.75. The van der Waals surface area contributed by atoms with Crippen LogP contribution in [-0.2, 0) is 9.47 Å². The number of nitrogens with zero attached hydrogens (tertiary/aromatic N) is 1. The minimum Gasteiger partial charge on any atom is -0.486 e. The number of aliphatic hydroxyl groups excluding tert-OH is 1. The van der Waals surface area contributed by atoms with Crippen LogP contribution in [0.2, 0.25) is 0 Å². The highest BCUT2D eigenvalue weighted by Gasteiger charge is 2.34. The Balaban J connectivity index is 1.57. The number of benzene rings is 2. The molecule has 4 rings (SSSR count). The number of hydrogen-bond donors (Lipinski definition) is 2. The fraction of sp³-hybridized carbons (Fsp3) is 0.381. The van der Waals surface area contributed by atoms with E-state index in [0.717, 1.165) is 5.56 Å². The van der Waals surface area contributed by atoms with Gasteiger partial charge in [-0.3, -0.25) is 5.43 Å². The van der Waals surface area contributed by atoms with E-state index in [9.17, 15) is 5.11 Å². The van der Waals surface area contributed by atoms with E-state index in [1.54, 1.807) is 25.3 Å². The smallest absolute Gasteiger partial charge is 0.188 e. The van der Waals surface area contributed by atoms with Crippen LogP contribution in [-0.4, -0.2) is 57.9 Å². The van der Waals surface area contributed by atoms with Crippen molar-refractivity contribution in [2.45, 2.75) is 12.1 Å². The van der Waals surface area contributed by atoms with Gasteiger partial charge >= 0.3 is 0 Å². The molecule has 0 saturated carbocycles. The summed E-state index contributed by atoms with van der Waals surface area (Å²) >= 11 is 0. The number of methoxy groups -OCH3 is 2. The Bertz CT molecular complexity index is 918. The zero-order valence-electron chi connectivity index (χ0n) is 16.8. The van der Waals surface area contributed by atoms with E-state index in [1.165, 1.54) is 7.11 Å². The van der Waals surface area contributed by atoms with Gasteiger partial charge in [-0.2, -0.15) is 5.10 Å². The summed E-state index contributed by atoms with van der Waals surface area (Å²) in [5.74, 6) is 2.40. The maximum atomic E-state index is 11.0. The van der Waals surface area contributed by atoms with Crippen molar-refractivity contribution in [2.24, 2.45) is 5.10 Å². The summed E-state index contributed by atoms with van der Waals surface area (Å²) in [4.78, 5) is 0. The quantitative estimate of drug-likeness (QED) is 0.629. The topological polar surface area (TPSA) is 100 Å².